The number of furan rings is 1. The number of nitrogens with zero attached hydrogens (tertiary/aromatic N) is 2. The quantitative estimate of drug-likeness (QED) is 0.702. The van der Waals surface area contributed by atoms with E-state index in [1.807, 2.05) is 6.07 Å². The third kappa shape index (κ3) is 4.82. The molecule has 2 heterocycles. The number of rotatable bonds is 9. The van der Waals surface area contributed by atoms with Crippen molar-refractivity contribution in [3.05, 3.63) is 24.2 Å². The molecule has 0 aliphatic carbocycles. The number of nitrogens with one attached hydrogen (secondary N) is 1. The summed E-state index contributed by atoms with van der Waals surface area (Å²) in [7, 11) is 0. The Labute approximate surface area is 137 Å². The van der Waals surface area contributed by atoms with E-state index in [0.29, 0.717) is 31.7 Å². The highest BCUT2D eigenvalue weighted by atomic mass is 16.3. The molecule has 1 N–H and O–H groups in total. The van der Waals surface area contributed by atoms with Gasteiger partial charge >= 0.3 is 0 Å². The van der Waals surface area contributed by atoms with Crippen molar-refractivity contribution in [3.8, 4) is 0 Å². The number of likely N-dealkylation sites (tertiary alicyclic amines) is 1. The van der Waals surface area contributed by atoms with E-state index < -0.39 is 0 Å². The lowest BCUT2D eigenvalue weighted by Gasteiger charge is -2.23. The minimum Gasteiger partial charge on any atom is -0.467 e. The second-order valence-electron chi connectivity index (χ2n) is 5.83. The van der Waals surface area contributed by atoms with Gasteiger partial charge < -0.3 is 19.5 Å². The normalized spacial score (nSPS) is 18.0. The molecule has 1 fully saturated rings. The Balaban J connectivity index is 1.79. The van der Waals surface area contributed by atoms with Crippen LogP contribution in [-0.4, -0.2) is 53.8 Å². The minimum atomic E-state index is -0.374. The number of hydrogen-bond acceptors (Lipinski definition) is 4. The Kier molecular flexibility index (Phi) is 6.65. The predicted molar refractivity (Wildman–Crippen MR) is 87.7 cm³/mol. The summed E-state index contributed by atoms with van der Waals surface area (Å²) < 4.78 is 5.29. The standard InChI is InChI=1S/C17H27N3O3/c1-3-19(4-2)11-6-10-18-17(22)15-8-9-16(21)20(15)13-14-7-5-12-23-14/h5,7,12,15H,3-4,6,8-11,13H2,1-2H3,(H,18,22)/t15-/m1/s1. The van der Waals surface area contributed by atoms with Gasteiger partial charge in [0.1, 0.15) is 11.8 Å². The Morgan fingerprint density at radius 1 is 1.43 bits per heavy atom. The zero-order chi connectivity index (χ0) is 16.7. The van der Waals surface area contributed by atoms with E-state index in [1.54, 1.807) is 17.2 Å². The maximum atomic E-state index is 12.4. The zero-order valence-electron chi connectivity index (χ0n) is 14.1. The summed E-state index contributed by atoms with van der Waals surface area (Å²) in [6.45, 7) is 8.32. The van der Waals surface area contributed by atoms with E-state index in [1.165, 1.54) is 0 Å². The third-order valence-electron chi connectivity index (χ3n) is 4.38. The number of amides is 2. The van der Waals surface area contributed by atoms with Gasteiger partial charge in [-0.2, -0.15) is 0 Å². The molecule has 0 unspecified atom stereocenters. The lowest BCUT2D eigenvalue weighted by atomic mass is 10.2. The van der Waals surface area contributed by atoms with Crippen LogP contribution >= 0.6 is 0 Å². The molecular formula is C17H27N3O3. The molecule has 1 aliphatic rings. The van der Waals surface area contributed by atoms with Gasteiger partial charge in [-0.05, 0) is 44.6 Å². The van der Waals surface area contributed by atoms with E-state index in [4.69, 9.17) is 4.42 Å². The predicted octanol–water partition coefficient (Wildman–Crippen LogP) is 1.62. The molecule has 0 spiro atoms. The lowest BCUT2D eigenvalue weighted by molar-refractivity contribution is -0.136. The fraction of sp³-hybridized carbons (Fsp3) is 0.647. The van der Waals surface area contributed by atoms with Crippen LogP contribution in [0.15, 0.2) is 22.8 Å². The number of hydrogen-bond donors (Lipinski definition) is 1. The summed E-state index contributed by atoms with van der Waals surface area (Å²) in [5.74, 6) is 0.672. The van der Waals surface area contributed by atoms with E-state index in [0.717, 1.165) is 26.1 Å². The fourth-order valence-electron chi connectivity index (χ4n) is 2.95. The van der Waals surface area contributed by atoms with Gasteiger partial charge in [-0.25, -0.2) is 0 Å². The van der Waals surface area contributed by atoms with Crippen LogP contribution in [0.5, 0.6) is 0 Å². The molecular weight excluding hydrogens is 294 g/mol. The van der Waals surface area contributed by atoms with Crippen LogP contribution in [0.1, 0.15) is 38.9 Å². The van der Waals surface area contributed by atoms with Crippen LogP contribution in [0.25, 0.3) is 0 Å². The molecule has 1 aliphatic heterocycles. The molecule has 1 aromatic heterocycles. The van der Waals surface area contributed by atoms with Gasteiger partial charge in [0.15, 0.2) is 0 Å². The lowest BCUT2D eigenvalue weighted by Crippen LogP contribution is -2.44. The van der Waals surface area contributed by atoms with Crippen molar-refractivity contribution in [2.45, 2.75) is 45.7 Å². The van der Waals surface area contributed by atoms with Crippen molar-refractivity contribution in [1.82, 2.24) is 15.1 Å². The average Bonchev–Trinajstić information content (AvgIpc) is 3.19. The highest BCUT2D eigenvalue weighted by Gasteiger charge is 2.36. The van der Waals surface area contributed by atoms with Crippen LogP contribution < -0.4 is 5.32 Å². The van der Waals surface area contributed by atoms with Gasteiger partial charge in [-0.1, -0.05) is 13.8 Å². The molecule has 2 rings (SSSR count). The first-order chi connectivity index (χ1) is 11.2. The van der Waals surface area contributed by atoms with Crippen molar-refractivity contribution in [2.75, 3.05) is 26.2 Å². The fourth-order valence-corrected chi connectivity index (χ4v) is 2.95. The maximum absolute atomic E-state index is 12.4. The average molecular weight is 321 g/mol. The van der Waals surface area contributed by atoms with E-state index in [2.05, 4.69) is 24.1 Å². The Morgan fingerprint density at radius 3 is 2.87 bits per heavy atom. The maximum Gasteiger partial charge on any atom is 0.242 e. The molecule has 1 aromatic rings. The van der Waals surface area contributed by atoms with Crippen molar-refractivity contribution < 1.29 is 14.0 Å². The summed E-state index contributed by atoms with van der Waals surface area (Å²) in [4.78, 5) is 28.3. The molecule has 0 saturated carbocycles. The van der Waals surface area contributed by atoms with Gasteiger partial charge in [-0.15, -0.1) is 0 Å². The number of carbonyl (C=O) groups excluding carboxylic acids is 2. The molecule has 2 amide bonds. The monoisotopic (exact) mass is 321 g/mol. The van der Waals surface area contributed by atoms with E-state index in [-0.39, 0.29) is 17.9 Å². The molecule has 23 heavy (non-hydrogen) atoms. The summed E-state index contributed by atoms with van der Waals surface area (Å²) in [6, 6.07) is 3.24. The van der Waals surface area contributed by atoms with Gasteiger partial charge in [0, 0.05) is 13.0 Å². The first kappa shape index (κ1) is 17.5. The van der Waals surface area contributed by atoms with Crippen LogP contribution in [0.2, 0.25) is 0 Å². The largest absolute Gasteiger partial charge is 0.467 e. The molecule has 6 nitrogen and oxygen atoms in total. The third-order valence-corrected chi connectivity index (χ3v) is 4.38. The Hall–Kier alpha value is -1.82. The van der Waals surface area contributed by atoms with Crippen LogP contribution in [0.4, 0.5) is 0 Å². The minimum absolute atomic E-state index is 0.0182. The zero-order valence-corrected chi connectivity index (χ0v) is 14.1. The second-order valence-corrected chi connectivity index (χ2v) is 5.83. The second kappa shape index (κ2) is 8.72. The van der Waals surface area contributed by atoms with E-state index >= 15 is 0 Å². The molecule has 1 saturated heterocycles. The Morgan fingerprint density at radius 2 is 2.22 bits per heavy atom. The van der Waals surface area contributed by atoms with Gasteiger partial charge in [-0.3, -0.25) is 9.59 Å². The number of carbonyl (C=O) groups is 2. The summed E-state index contributed by atoms with van der Waals surface area (Å²) in [5, 5.41) is 2.97. The van der Waals surface area contributed by atoms with E-state index in [9.17, 15) is 9.59 Å². The smallest absolute Gasteiger partial charge is 0.242 e. The highest BCUT2D eigenvalue weighted by Crippen LogP contribution is 2.21. The van der Waals surface area contributed by atoms with Crippen LogP contribution in [0.3, 0.4) is 0 Å². The molecule has 6 heteroatoms. The topological polar surface area (TPSA) is 65.8 Å². The molecule has 0 bridgehead atoms. The summed E-state index contributed by atoms with van der Waals surface area (Å²) in [5.41, 5.74) is 0. The molecule has 128 valence electrons. The van der Waals surface area contributed by atoms with Gasteiger partial charge in [0.2, 0.25) is 11.8 Å². The molecule has 0 radical (unpaired) electrons. The van der Waals surface area contributed by atoms with Crippen LogP contribution in [-0.2, 0) is 16.1 Å². The van der Waals surface area contributed by atoms with Gasteiger partial charge in [0.25, 0.3) is 0 Å². The van der Waals surface area contributed by atoms with Crippen molar-refractivity contribution >= 4 is 11.8 Å². The van der Waals surface area contributed by atoms with Gasteiger partial charge in [0.05, 0.1) is 12.8 Å². The summed E-state index contributed by atoms with van der Waals surface area (Å²) in [6.07, 6.45) is 3.52. The highest BCUT2D eigenvalue weighted by molar-refractivity contribution is 5.90. The van der Waals surface area contributed by atoms with Crippen molar-refractivity contribution in [1.29, 1.82) is 0 Å². The molecule has 0 aromatic carbocycles. The van der Waals surface area contributed by atoms with Crippen LogP contribution in [0, 0.1) is 0 Å². The molecule has 1 atom stereocenters. The van der Waals surface area contributed by atoms with Crippen molar-refractivity contribution in [3.63, 3.8) is 0 Å². The Bertz CT molecular complexity index is 497. The SMILES string of the molecule is CCN(CC)CCCNC(=O)[C@H]1CCC(=O)N1Cc1ccco1. The van der Waals surface area contributed by atoms with Crippen molar-refractivity contribution in [2.24, 2.45) is 0 Å². The summed E-state index contributed by atoms with van der Waals surface area (Å²) >= 11 is 0. The first-order valence-corrected chi connectivity index (χ1v) is 8.47. The first-order valence-electron chi connectivity index (χ1n) is 8.47.